The number of hydrogen-bond donors (Lipinski definition) is 2. The molecule has 0 unspecified atom stereocenters. The Morgan fingerprint density at radius 2 is 2.24 bits per heavy atom. The van der Waals surface area contributed by atoms with Gasteiger partial charge in [0.2, 0.25) is 0 Å². The molecule has 0 aliphatic carbocycles. The Bertz CT molecular complexity index is 412. The molecule has 1 aromatic carbocycles. The molecule has 94 valence electrons. The van der Waals surface area contributed by atoms with Crippen molar-refractivity contribution in [2.24, 2.45) is 5.73 Å². The van der Waals surface area contributed by atoms with Crippen LogP contribution in [0.2, 0.25) is 0 Å². The zero-order valence-electron chi connectivity index (χ0n) is 9.47. The number of nitrogens with zero attached hydrogens (tertiary/aromatic N) is 1. The number of aliphatic hydroxyl groups excluding tert-OH is 1. The lowest BCUT2D eigenvalue weighted by molar-refractivity contribution is -0.385. The molecule has 3 N–H and O–H groups in total. The van der Waals surface area contributed by atoms with Crippen LogP contribution in [0.25, 0.3) is 0 Å². The van der Waals surface area contributed by atoms with Gasteiger partial charge in [0.25, 0.3) is 5.69 Å². The van der Waals surface area contributed by atoms with Gasteiger partial charge in [-0.05, 0) is 34.0 Å². The van der Waals surface area contributed by atoms with E-state index in [9.17, 15) is 15.2 Å². The maximum absolute atomic E-state index is 10.8. The Kier molecular flexibility index (Phi) is 5.04. The second-order valence-corrected chi connectivity index (χ2v) is 4.70. The molecule has 0 heterocycles. The summed E-state index contributed by atoms with van der Waals surface area (Å²) < 4.78 is 0.406. The maximum atomic E-state index is 10.8. The molecular formula is C11H15BrN2O3. The molecule has 0 aromatic heterocycles. The minimum Gasteiger partial charge on any atom is -0.391 e. The van der Waals surface area contributed by atoms with Gasteiger partial charge in [-0.1, -0.05) is 19.4 Å². The molecule has 0 saturated carbocycles. The Morgan fingerprint density at radius 3 is 2.76 bits per heavy atom. The number of nitro groups is 1. The summed E-state index contributed by atoms with van der Waals surface area (Å²) in [5.74, 6) is 0. The van der Waals surface area contributed by atoms with Gasteiger partial charge in [0.15, 0.2) is 0 Å². The summed E-state index contributed by atoms with van der Waals surface area (Å²) in [6.07, 6.45) is 0.708. The number of rotatable bonds is 5. The molecule has 0 amide bonds. The molecule has 0 radical (unpaired) electrons. The number of aliphatic hydroxyl groups is 1. The standard InChI is InChI=1S/C11H15BrN2O3/c1-2-3-10(15)11(13)7-4-5-8(12)9(6-7)14(16)17/h4-6,10-11,15H,2-3,13H2,1H3/t10-,11+/m1/s1. The monoisotopic (exact) mass is 302 g/mol. The van der Waals surface area contributed by atoms with Crippen molar-refractivity contribution in [2.45, 2.75) is 31.9 Å². The Labute approximate surface area is 108 Å². The molecule has 0 aliphatic rings. The van der Waals surface area contributed by atoms with Crippen molar-refractivity contribution in [3.8, 4) is 0 Å². The third kappa shape index (κ3) is 3.49. The van der Waals surface area contributed by atoms with Gasteiger partial charge in [0.1, 0.15) is 0 Å². The van der Waals surface area contributed by atoms with E-state index < -0.39 is 17.1 Å². The quantitative estimate of drug-likeness (QED) is 0.646. The third-order valence-corrected chi connectivity index (χ3v) is 3.22. The van der Waals surface area contributed by atoms with Crippen molar-refractivity contribution >= 4 is 21.6 Å². The highest BCUT2D eigenvalue weighted by Gasteiger charge is 2.20. The van der Waals surface area contributed by atoms with E-state index in [2.05, 4.69) is 15.9 Å². The number of hydrogen-bond acceptors (Lipinski definition) is 4. The van der Waals surface area contributed by atoms with Crippen LogP contribution in [0.1, 0.15) is 31.4 Å². The summed E-state index contributed by atoms with van der Waals surface area (Å²) in [5, 5.41) is 20.5. The van der Waals surface area contributed by atoms with E-state index in [4.69, 9.17) is 5.73 Å². The second kappa shape index (κ2) is 6.09. The molecular weight excluding hydrogens is 288 g/mol. The summed E-state index contributed by atoms with van der Waals surface area (Å²) in [6, 6.07) is 4.06. The van der Waals surface area contributed by atoms with Crippen LogP contribution in [0, 0.1) is 10.1 Å². The van der Waals surface area contributed by atoms with Crippen molar-refractivity contribution in [3.63, 3.8) is 0 Å². The Balaban J connectivity index is 2.99. The first-order valence-electron chi connectivity index (χ1n) is 5.34. The van der Waals surface area contributed by atoms with Gasteiger partial charge in [0.05, 0.1) is 21.5 Å². The summed E-state index contributed by atoms with van der Waals surface area (Å²) in [4.78, 5) is 10.3. The molecule has 2 atom stereocenters. The van der Waals surface area contributed by atoms with Gasteiger partial charge in [-0.15, -0.1) is 0 Å². The van der Waals surface area contributed by atoms with Gasteiger partial charge in [0, 0.05) is 6.07 Å². The molecule has 0 aliphatic heterocycles. The van der Waals surface area contributed by atoms with Gasteiger partial charge in [-0.25, -0.2) is 0 Å². The van der Waals surface area contributed by atoms with Crippen LogP contribution in [0.15, 0.2) is 22.7 Å². The van der Waals surface area contributed by atoms with Crippen molar-refractivity contribution in [1.29, 1.82) is 0 Å². The minimum atomic E-state index is -0.680. The van der Waals surface area contributed by atoms with Crippen LogP contribution in [0.3, 0.4) is 0 Å². The number of nitrogens with two attached hydrogens (primary N) is 1. The van der Waals surface area contributed by atoms with Gasteiger partial charge in [-0.2, -0.15) is 0 Å². The molecule has 0 fully saturated rings. The van der Waals surface area contributed by atoms with Crippen molar-refractivity contribution in [1.82, 2.24) is 0 Å². The fraction of sp³-hybridized carbons (Fsp3) is 0.455. The lowest BCUT2D eigenvalue weighted by atomic mass is 9.99. The predicted octanol–water partition coefficient (Wildman–Crippen LogP) is 2.52. The lowest BCUT2D eigenvalue weighted by Gasteiger charge is -2.18. The molecule has 1 rings (SSSR count). The van der Waals surface area contributed by atoms with Crippen LogP contribution in [0.5, 0.6) is 0 Å². The number of halogens is 1. The van der Waals surface area contributed by atoms with Gasteiger partial charge in [-0.3, -0.25) is 10.1 Å². The normalized spacial score (nSPS) is 14.4. The SMILES string of the molecule is CCC[C@@H](O)[C@@H](N)c1ccc(Br)c([N+](=O)[O-])c1. The topological polar surface area (TPSA) is 89.4 Å². The largest absolute Gasteiger partial charge is 0.391 e. The van der Waals surface area contributed by atoms with E-state index in [1.807, 2.05) is 6.92 Å². The molecule has 0 saturated heterocycles. The van der Waals surface area contributed by atoms with E-state index >= 15 is 0 Å². The van der Waals surface area contributed by atoms with Crippen LogP contribution < -0.4 is 5.73 Å². The second-order valence-electron chi connectivity index (χ2n) is 3.85. The summed E-state index contributed by atoms with van der Waals surface area (Å²) in [7, 11) is 0. The number of nitro benzene ring substituents is 1. The molecule has 0 bridgehead atoms. The highest BCUT2D eigenvalue weighted by Crippen LogP contribution is 2.29. The Morgan fingerprint density at radius 1 is 1.59 bits per heavy atom. The highest BCUT2D eigenvalue weighted by atomic mass is 79.9. The first-order chi connectivity index (χ1) is 7.97. The van der Waals surface area contributed by atoms with E-state index in [1.165, 1.54) is 6.07 Å². The molecule has 1 aromatic rings. The fourth-order valence-corrected chi connectivity index (χ4v) is 1.97. The predicted molar refractivity (Wildman–Crippen MR) is 68.6 cm³/mol. The van der Waals surface area contributed by atoms with Crippen LogP contribution >= 0.6 is 15.9 Å². The first-order valence-corrected chi connectivity index (χ1v) is 6.14. The van der Waals surface area contributed by atoms with Crippen molar-refractivity contribution in [3.05, 3.63) is 38.3 Å². The van der Waals surface area contributed by atoms with Crippen molar-refractivity contribution < 1.29 is 10.0 Å². The molecule has 0 spiro atoms. The summed E-state index contributed by atoms with van der Waals surface area (Å²) in [5.41, 5.74) is 6.39. The number of benzene rings is 1. The fourth-order valence-electron chi connectivity index (χ4n) is 1.57. The third-order valence-electron chi connectivity index (χ3n) is 2.55. The smallest absolute Gasteiger partial charge is 0.283 e. The highest BCUT2D eigenvalue weighted by molar-refractivity contribution is 9.10. The Hall–Kier alpha value is -0.980. The van der Waals surface area contributed by atoms with Crippen LogP contribution in [0.4, 0.5) is 5.69 Å². The zero-order valence-corrected chi connectivity index (χ0v) is 11.1. The lowest BCUT2D eigenvalue weighted by Crippen LogP contribution is -2.26. The molecule has 6 heteroatoms. The van der Waals surface area contributed by atoms with E-state index in [1.54, 1.807) is 12.1 Å². The summed E-state index contributed by atoms with van der Waals surface area (Å²) >= 11 is 3.10. The maximum Gasteiger partial charge on any atom is 0.283 e. The van der Waals surface area contributed by atoms with E-state index in [0.717, 1.165) is 6.42 Å². The van der Waals surface area contributed by atoms with Gasteiger partial charge < -0.3 is 10.8 Å². The average Bonchev–Trinajstić information content (AvgIpc) is 2.28. The average molecular weight is 303 g/mol. The zero-order chi connectivity index (χ0) is 13.0. The molecule has 5 nitrogen and oxygen atoms in total. The van der Waals surface area contributed by atoms with E-state index in [-0.39, 0.29) is 5.69 Å². The summed E-state index contributed by atoms with van der Waals surface area (Å²) in [6.45, 7) is 1.94. The molecule has 17 heavy (non-hydrogen) atoms. The first kappa shape index (κ1) is 14.1. The van der Waals surface area contributed by atoms with Crippen LogP contribution in [-0.2, 0) is 0 Å². The van der Waals surface area contributed by atoms with Gasteiger partial charge >= 0.3 is 0 Å². The van der Waals surface area contributed by atoms with Crippen LogP contribution in [-0.4, -0.2) is 16.1 Å². The van der Waals surface area contributed by atoms with E-state index in [0.29, 0.717) is 16.5 Å². The van der Waals surface area contributed by atoms with Crippen molar-refractivity contribution in [2.75, 3.05) is 0 Å². The minimum absolute atomic E-state index is 0.0401.